The summed E-state index contributed by atoms with van der Waals surface area (Å²) in [6.07, 6.45) is 4.59. The fourth-order valence-corrected chi connectivity index (χ4v) is 2.03. The first kappa shape index (κ1) is 12.5. The van der Waals surface area contributed by atoms with E-state index in [1.165, 1.54) is 0 Å². The molecule has 1 rings (SSSR count). The highest BCUT2D eigenvalue weighted by Crippen LogP contribution is 2.23. The Morgan fingerprint density at radius 1 is 1.40 bits per heavy atom. The van der Waals surface area contributed by atoms with E-state index in [0.29, 0.717) is 25.3 Å². The zero-order chi connectivity index (χ0) is 11.1. The molecule has 0 radical (unpaired) electrons. The van der Waals surface area contributed by atoms with Gasteiger partial charge in [-0.05, 0) is 31.6 Å². The Labute approximate surface area is 90.7 Å². The van der Waals surface area contributed by atoms with Gasteiger partial charge in [-0.1, -0.05) is 6.42 Å². The van der Waals surface area contributed by atoms with Crippen molar-refractivity contribution in [2.24, 2.45) is 5.92 Å². The van der Waals surface area contributed by atoms with E-state index in [2.05, 4.69) is 5.32 Å². The molecule has 15 heavy (non-hydrogen) atoms. The minimum atomic E-state index is -0.182. The lowest BCUT2D eigenvalue weighted by Gasteiger charge is -2.25. The van der Waals surface area contributed by atoms with Crippen LogP contribution in [0.15, 0.2) is 0 Å². The molecule has 0 heterocycles. The normalized spacial score (nSPS) is 26.3. The number of hydrogen-bond acceptors (Lipinski definition) is 3. The Morgan fingerprint density at radius 2 is 2.20 bits per heavy atom. The largest absolute Gasteiger partial charge is 0.396 e. The molecule has 1 fully saturated rings. The van der Waals surface area contributed by atoms with Crippen molar-refractivity contribution in [1.82, 2.24) is 5.32 Å². The molecule has 0 spiro atoms. The van der Waals surface area contributed by atoms with Gasteiger partial charge in [0.15, 0.2) is 0 Å². The van der Waals surface area contributed by atoms with Crippen LogP contribution in [0.4, 0.5) is 0 Å². The van der Waals surface area contributed by atoms with Crippen molar-refractivity contribution < 1.29 is 15.0 Å². The minimum Gasteiger partial charge on any atom is -0.396 e. The first-order chi connectivity index (χ1) is 7.22. The number of aliphatic hydroxyl groups is 2. The highest BCUT2D eigenvalue weighted by atomic mass is 16.3. The second kappa shape index (κ2) is 6.80. The Bertz CT molecular complexity index is 196. The third kappa shape index (κ3) is 5.14. The Morgan fingerprint density at radius 3 is 2.87 bits per heavy atom. The summed E-state index contributed by atoms with van der Waals surface area (Å²) in [7, 11) is 0. The van der Waals surface area contributed by atoms with Crippen molar-refractivity contribution in [1.29, 1.82) is 0 Å². The maximum absolute atomic E-state index is 11.2. The van der Waals surface area contributed by atoms with Crippen molar-refractivity contribution in [3.63, 3.8) is 0 Å². The summed E-state index contributed by atoms with van der Waals surface area (Å²) in [5, 5.41) is 20.8. The molecular formula is C11H21NO3. The topological polar surface area (TPSA) is 69.6 Å². The summed E-state index contributed by atoms with van der Waals surface area (Å²) in [5.74, 6) is 0.427. The number of amides is 1. The summed E-state index contributed by atoms with van der Waals surface area (Å²) in [6.45, 7) is 0.733. The van der Waals surface area contributed by atoms with Gasteiger partial charge in [0.25, 0.3) is 0 Å². The zero-order valence-electron chi connectivity index (χ0n) is 9.11. The number of rotatable bonds is 5. The molecule has 4 heteroatoms. The van der Waals surface area contributed by atoms with Crippen LogP contribution in [0.3, 0.4) is 0 Å². The first-order valence-electron chi connectivity index (χ1n) is 5.78. The lowest BCUT2D eigenvalue weighted by atomic mass is 9.87. The molecule has 0 bridgehead atoms. The molecule has 3 N–H and O–H groups in total. The maximum atomic E-state index is 11.2. The Kier molecular flexibility index (Phi) is 5.65. The van der Waals surface area contributed by atoms with Crippen LogP contribution in [-0.4, -0.2) is 35.4 Å². The average Bonchev–Trinajstić information content (AvgIpc) is 2.23. The van der Waals surface area contributed by atoms with Crippen LogP contribution in [0.25, 0.3) is 0 Å². The van der Waals surface area contributed by atoms with Gasteiger partial charge in [-0.3, -0.25) is 4.79 Å². The first-order valence-corrected chi connectivity index (χ1v) is 5.78. The van der Waals surface area contributed by atoms with Crippen LogP contribution < -0.4 is 5.32 Å². The Balaban J connectivity index is 2.10. The molecule has 4 nitrogen and oxygen atoms in total. The summed E-state index contributed by atoms with van der Waals surface area (Å²) in [5.41, 5.74) is 0. The van der Waals surface area contributed by atoms with E-state index in [1.807, 2.05) is 0 Å². The minimum absolute atomic E-state index is 0.00381. The zero-order valence-corrected chi connectivity index (χ0v) is 9.11. The number of carbonyl (C=O) groups excluding carboxylic acids is 1. The SMILES string of the molecule is O=C(CCCO)NCC1CCCC(O)C1. The number of aliphatic hydroxyl groups excluding tert-OH is 2. The number of carbonyl (C=O) groups is 1. The van der Waals surface area contributed by atoms with Crippen LogP contribution in [0.5, 0.6) is 0 Å². The smallest absolute Gasteiger partial charge is 0.220 e. The molecule has 2 atom stereocenters. The molecule has 0 aliphatic heterocycles. The van der Waals surface area contributed by atoms with Crippen molar-refractivity contribution in [2.75, 3.05) is 13.2 Å². The van der Waals surface area contributed by atoms with Crippen LogP contribution in [0.1, 0.15) is 38.5 Å². The van der Waals surface area contributed by atoms with Gasteiger partial charge < -0.3 is 15.5 Å². The predicted octanol–water partition coefficient (Wildman–Crippen LogP) is 0.426. The van der Waals surface area contributed by atoms with E-state index in [9.17, 15) is 9.90 Å². The molecule has 0 aromatic rings. The van der Waals surface area contributed by atoms with Crippen molar-refractivity contribution >= 4 is 5.91 Å². The predicted molar refractivity (Wildman–Crippen MR) is 57.3 cm³/mol. The van der Waals surface area contributed by atoms with E-state index in [1.54, 1.807) is 0 Å². The molecule has 88 valence electrons. The molecule has 1 amide bonds. The van der Waals surface area contributed by atoms with Crippen LogP contribution >= 0.6 is 0 Å². The average molecular weight is 215 g/mol. The third-order valence-electron chi connectivity index (χ3n) is 2.90. The van der Waals surface area contributed by atoms with E-state index >= 15 is 0 Å². The van der Waals surface area contributed by atoms with Gasteiger partial charge in [0, 0.05) is 19.6 Å². The number of nitrogens with one attached hydrogen (secondary N) is 1. The van der Waals surface area contributed by atoms with Crippen molar-refractivity contribution in [2.45, 2.75) is 44.6 Å². The molecular weight excluding hydrogens is 194 g/mol. The van der Waals surface area contributed by atoms with Crippen LogP contribution in [-0.2, 0) is 4.79 Å². The van der Waals surface area contributed by atoms with Gasteiger partial charge in [0.05, 0.1) is 6.10 Å². The van der Waals surface area contributed by atoms with E-state index in [4.69, 9.17) is 5.11 Å². The highest BCUT2D eigenvalue weighted by molar-refractivity contribution is 5.75. The lowest BCUT2D eigenvalue weighted by Crippen LogP contribution is -2.32. The van der Waals surface area contributed by atoms with E-state index < -0.39 is 0 Å². The number of hydrogen-bond donors (Lipinski definition) is 3. The summed E-state index contributed by atoms with van der Waals surface area (Å²) in [6, 6.07) is 0. The highest BCUT2D eigenvalue weighted by Gasteiger charge is 2.20. The fourth-order valence-electron chi connectivity index (χ4n) is 2.03. The van der Waals surface area contributed by atoms with Gasteiger partial charge in [0.2, 0.25) is 5.91 Å². The van der Waals surface area contributed by atoms with E-state index in [-0.39, 0.29) is 18.6 Å². The van der Waals surface area contributed by atoms with Crippen molar-refractivity contribution in [3.8, 4) is 0 Å². The summed E-state index contributed by atoms with van der Waals surface area (Å²) < 4.78 is 0. The molecule has 1 saturated carbocycles. The van der Waals surface area contributed by atoms with Crippen molar-refractivity contribution in [3.05, 3.63) is 0 Å². The van der Waals surface area contributed by atoms with Crippen LogP contribution in [0, 0.1) is 5.92 Å². The molecule has 0 saturated heterocycles. The van der Waals surface area contributed by atoms with Gasteiger partial charge >= 0.3 is 0 Å². The summed E-state index contributed by atoms with van der Waals surface area (Å²) in [4.78, 5) is 11.2. The molecule has 2 unspecified atom stereocenters. The Hall–Kier alpha value is -0.610. The van der Waals surface area contributed by atoms with Crippen LogP contribution in [0.2, 0.25) is 0 Å². The third-order valence-corrected chi connectivity index (χ3v) is 2.90. The quantitative estimate of drug-likeness (QED) is 0.622. The molecule has 1 aliphatic rings. The van der Waals surface area contributed by atoms with Gasteiger partial charge in [-0.25, -0.2) is 0 Å². The lowest BCUT2D eigenvalue weighted by molar-refractivity contribution is -0.121. The van der Waals surface area contributed by atoms with Gasteiger partial charge in [-0.15, -0.1) is 0 Å². The second-order valence-corrected chi connectivity index (χ2v) is 4.32. The second-order valence-electron chi connectivity index (χ2n) is 4.32. The molecule has 1 aliphatic carbocycles. The molecule has 0 aromatic carbocycles. The summed E-state index contributed by atoms with van der Waals surface area (Å²) >= 11 is 0. The maximum Gasteiger partial charge on any atom is 0.220 e. The fraction of sp³-hybridized carbons (Fsp3) is 0.909. The van der Waals surface area contributed by atoms with Gasteiger partial charge in [0.1, 0.15) is 0 Å². The monoisotopic (exact) mass is 215 g/mol. The molecule has 0 aromatic heterocycles. The van der Waals surface area contributed by atoms with Gasteiger partial charge in [-0.2, -0.15) is 0 Å². The van der Waals surface area contributed by atoms with E-state index in [0.717, 1.165) is 25.7 Å². The standard InChI is InChI=1S/C11H21NO3/c13-6-2-5-11(15)12-8-9-3-1-4-10(14)7-9/h9-10,13-14H,1-8H2,(H,12,15).